The van der Waals surface area contributed by atoms with Gasteiger partial charge in [0.1, 0.15) is 0 Å². The molecule has 1 aromatic heterocycles. The fourth-order valence-electron chi connectivity index (χ4n) is 3.26. The molecule has 2 aromatic rings. The van der Waals surface area contributed by atoms with E-state index in [9.17, 15) is 4.79 Å². The summed E-state index contributed by atoms with van der Waals surface area (Å²) in [5.41, 5.74) is 1.01. The van der Waals surface area contributed by atoms with Gasteiger partial charge in [-0.15, -0.1) is 10.2 Å². The predicted octanol–water partition coefficient (Wildman–Crippen LogP) is 1.86. The normalized spacial score (nSPS) is 21.3. The molecule has 2 aliphatic rings. The highest BCUT2D eigenvalue weighted by atomic mass is 32.2. The molecule has 1 amide bonds. The lowest BCUT2D eigenvalue weighted by Gasteiger charge is -2.28. The number of aromatic nitrogens is 3. The molecule has 1 atom stereocenters. The van der Waals surface area contributed by atoms with Crippen LogP contribution in [0.1, 0.15) is 19.3 Å². The van der Waals surface area contributed by atoms with Crippen molar-refractivity contribution < 1.29 is 9.53 Å². The molecule has 0 saturated carbocycles. The van der Waals surface area contributed by atoms with Crippen molar-refractivity contribution in [3.05, 3.63) is 30.3 Å². The topological polar surface area (TPSA) is 72.3 Å². The number of thioether (sulfide) groups is 1. The van der Waals surface area contributed by atoms with Crippen LogP contribution in [0.2, 0.25) is 0 Å². The first-order chi connectivity index (χ1) is 12.8. The van der Waals surface area contributed by atoms with E-state index in [0.717, 1.165) is 55.7 Å². The third kappa shape index (κ3) is 3.71. The first-order valence-corrected chi connectivity index (χ1v) is 9.99. The van der Waals surface area contributed by atoms with Crippen molar-refractivity contribution in [3.8, 4) is 5.69 Å². The molecule has 1 aromatic carbocycles. The van der Waals surface area contributed by atoms with Gasteiger partial charge in [0.05, 0.1) is 24.2 Å². The van der Waals surface area contributed by atoms with Gasteiger partial charge in [-0.1, -0.05) is 36.4 Å². The molecule has 3 heterocycles. The molecule has 2 aliphatic heterocycles. The molecule has 138 valence electrons. The Morgan fingerprint density at radius 2 is 1.92 bits per heavy atom. The number of carbonyl (C=O) groups excluding carboxylic acids is 1. The molecule has 4 rings (SSSR count). The highest BCUT2D eigenvalue weighted by Crippen LogP contribution is 2.32. The van der Waals surface area contributed by atoms with E-state index in [0.29, 0.717) is 13.2 Å². The predicted molar refractivity (Wildman–Crippen MR) is 101 cm³/mol. The Morgan fingerprint density at radius 1 is 1.12 bits per heavy atom. The van der Waals surface area contributed by atoms with Crippen LogP contribution in [0.3, 0.4) is 0 Å². The second kappa shape index (κ2) is 8.09. The Morgan fingerprint density at radius 3 is 2.73 bits per heavy atom. The standard InChI is InChI=1S/C18H23N5O2S/c24-16-15(8-4-5-9-19-16)26-18-21-20-17(22-10-12-25-13-11-22)23(18)14-6-2-1-3-7-14/h1-3,6-7,15H,4-5,8-13H2,(H,19,24)/t15-/m1/s1. The number of benzene rings is 1. The Balaban J connectivity index is 1.67. The fourth-order valence-corrected chi connectivity index (χ4v) is 4.37. The summed E-state index contributed by atoms with van der Waals surface area (Å²) < 4.78 is 7.53. The molecule has 0 unspecified atom stereocenters. The minimum absolute atomic E-state index is 0.100. The quantitative estimate of drug-likeness (QED) is 0.882. The summed E-state index contributed by atoms with van der Waals surface area (Å²) in [4.78, 5) is 14.6. The zero-order valence-electron chi connectivity index (χ0n) is 14.6. The third-order valence-electron chi connectivity index (χ3n) is 4.66. The van der Waals surface area contributed by atoms with E-state index in [1.807, 2.05) is 30.3 Å². The summed E-state index contributed by atoms with van der Waals surface area (Å²) in [6.45, 7) is 3.73. The van der Waals surface area contributed by atoms with Crippen LogP contribution in [0.4, 0.5) is 5.95 Å². The van der Waals surface area contributed by atoms with E-state index in [1.54, 1.807) is 0 Å². The van der Waals surface area contributed by atoms with E-state index < -0.39 is 0 Å². The lowest BCUT2D eigenvalue weighted by Crippen LogP contribution is -2.38. The van der Waals surface area contributed by atoms with Gasteiger partial charge in [-0.05, 0) is 25.0 Å². The van der Waals surface area contributed by atoms with Gasteiger partial charge in [-0.3, -0.25) is 9.36 Å². The number of amides is 1. The number of anilines is 1. The number of hydrogen-bond acceptors (Lipinski definition) is 6. The SMILES string of the molecule is O=C1NCCCC[C@H]1Sc1nnc(N2CCOCC2)n1-c1ccccc1. The molecule has 26 heavy (non-hydrogen) atoms. The molecule has 2 fully saturated rings. The van der Waals surface area contributed by atoms with Crippen LogP contribution in [0.15, 0.2) is 35.5 Å². The largest absolute Gasteiger partial charge is 0.378 e. The van der Waals surface area contributed by atoms with Gasteiger partial charge in [0.25, 0.3) is 0 Å². The number of rotatable bonds is 4. The maximum absolute atomic E-state index is 12.4. The van der Waals surface area contributed by atoms with E-state index >= 15 is 0 Å². The maximum Gasteiger partial charge on any atom is 0.233 e. The summed E-state index contributed by atoms with van der Waals surface area (Å²) in [6.07, 6.45) is 2.95. The number of carbonyl (C=O) groups is 1. The van der Waals surface area contributed by atoms with Crippen molar-refractivity contribution >= 4 is 23.6 Å². The number of hydrogen-bond donors (Lipinski definition) is 1. The van der Waals surface area contributed by atoms with Gasteiger partial charge in [0.2, 0.25) is 11.9 Å². The highest BCUT2D eigenvalue weighted by Gasteiger charge is 2.27. The zero-order chi connectivity index (χ0) is 17.8. The number of para-hydroxylation sites is 1. The van der Waals surface area contributed by atoms with Crippen molar-refractivity contribution in [2.24, 2.45) is 0 Å². The van der Waals surface area contributed by atoms with E-state index in [2.05, 4.69) is 25.0 Å². The first kappa shape index (κ1) is 17.4. The molecule has 0 spiro atoms. The fraction of sp³-hybridized carbons (Fsp3) is 0.500. The third-order valence-corrected chi connectivity index (χ3v) is 5.87. The maximum atomic E-state index is 12.4. The average molecular weight is 373 g/mol. The Hall–Kier alpha value is -2.06. The summed E-state index contributed by atoms with van der Waals surface area (Å²) in [6, 6.07) is 10.1. The van der Waals surface area contributed by atoms with Crippen LogP contribution >= 0.6 is 11.8 Å². The highest BCUT2D eigenvalue weighted by molar-refractivity contribution is 8.00. The minimum atomic E-state index is -0.123. The van der Waals surface area contributed by atoms with Crippen molar-refractivity contribution in [1.29, 1.82) is 0 Å². The first-order valence-electron chi connectivity index (χ1n) is 9.11. The molecular weight excluding hydrogens is 350 g/mol. The van der Waals surface area contributed by atoms with Crippen LogP contribution in [0.25, 0.3) is 5.69 Å². The van der Waals surface area contributed by atoms with Gasteiger partial charge in [-0.2, -0.15) is 0 Å². The van der Waals surface area contributed by atoms with Crippen LogP contribution < -0.4 is 10.2 Å². The summed E-state index contributed by atoms with van der Waals surface area (Å²) in [5.74, 6) is 0.916. The smallest absolute Gasteiger partial charge is 0.233 e. The Bertz CT molecular complexity index is 745. The van der Waals surface area contributed by atoms with Crippen LogP contribution in [0.5, 0.6) is 0 Å². The molecule has 8 heteroatoms. The summed E-state index contributed by atoms with van der Waals surface area (Å²) in [7, 11) is 0. The van der Waals surface area contributed by atoms with Crippen LogP contribution in [0, 0.1) is 0 Å². The minimum Gasteiger partial charge on any atom is -0.378 e. The number of morpholine rings is 1. The van der Waals surface area contributed by atoms with Crippen LogP contribution in [-0.4, -0.2) is 58.8 Å². The van der Waals surface area contributed by atoms with E-state index in [-0.39, 0.29) is 11.2 Å². The van der Waals surface area contributed by atoms with Gasteiger partial charge in [-0.25, -0.2) is 0 Å². The monoisotopic (exact) mass is 373 g/mol. The summed E-state index contributed by atoms with van der Waals surface area (Å²) in [5, 5.41) is 12.5. The summed E-state index contributed by atoms with van der Waals surface area (Å²) >= 11 is 1.51. The molecule has 0 aliphatic carbocycles. The number of ether oxygens (including phenoxy) is 1. The molecule has 2 saturated heterocycles. The number of nitrogens with one attached hydrogen (secondary N) is 1. The molecule has 0 bridgehead atoms. The lowest BCUT2D eigenvalue weighted by molar-refractivity contribution is -0.120. The second-order valence-corrected chi connectivity index (χ2v) is 7.62. The van der Waals surface area contributed by atoms with Crippen molar-refractivity contribution in [3.63, 3.8) is 0 Å². The molecule has 1 N–H and O–H groups in total. The lowest BCUT2D eigenvalue weighted by atomic mass is 10.2. The van der Waals surface area contributed by atoms with Crippen molar-refractivity contribution in [2.45, 2.75) is 29.7 Å². The van der Waals surface area contributed by atoms with Crippen molar-refractivity contribution in [2.75, 3.05) is 37.7 Å². The molecule has 7 nitrogen and oxygen atoms in total. The Labute approximate surface area is 157 Å². The van der Waals surface area contributed by atoms with Gasteiger partial charge >= 0.3 is 0 Å². The Kier molecular flexibility index (Phi) is 5.40. The van der Waals surface area contributed by atoms with Gasteiger partial charge in [0, 0.05) is 19.6 Å². The second-order valence-electron chi connectivity index (χ2n) is 6.45. The average Bonchev–Trinajstić information content (AvgIpc) is 3.00. The van der Waals surface area contributed by atoms with E-state index in [1.165, 1.54) is 11.8 Å². The van der Waals surface area contributed by atoms with Crippen LogP contribution in [-0.2, 0) is 9.53 Å². The van der Waals surface area contributed by atoms with Crippen molar-refractivity contribution in [1.82, 2.24) is 20.1 Å². The van der Waals surface area contributed by atoms with Gasteiger partial charge < -0.3 is 15.0 Å². The van der Waals surface area contributed by atoms with Gasteiger partial charge in [0.15, 0.2) is 5.16 Å². The number of nitrogens with zero attached hydrogens (tertiary/aromatic N) is 4. The van der Waals surface area contributed by atoms with E-state index in [4.69, 9.17) is 4.74 Å². The molecular formula is C18H23N5O2S. The molecule has 0 radical (unpaired) electrons. The zero-order valence-corrected chi connectivity index (χ0v) is 15.5.